The van der Waals surface area contributed by atoms with Crippen molar-refractivity contribution in [2.45, 2.75) is 19.4 Å². The van der Waals surface area contributed by atoms with Crippen LogP contribution in [0.15, 0.2) is 30.3 Å². The summed E-state index contributed by atoms with van der Waals surface area (Å²) in [4.78, 5) is 0. The number of nitrogens with two attached hydrogens (primary N) is 1. The molecule has 0 saturated heterocycles. The Labute approximate surface area is 84.3 Å². The van der Waals surface area contributed by atoms with Crippen LogP contribution in [0.4, 0.5) is 0 Å². The van der Waals surface area contributed by atoms with E-state index in [9.17, 15) is 0 Å². The Bertz CT molecular complexity index is 441. The summed E-state index contributed by atoms with van der Waals surface area (Å²) in [6, 6.07) is 10.9. The molecule has 1 unspecified atom stereocenters. The third-order valence-electron chi connectivity index (χ3n) is 2.58. The Balaban J connectivity index is 2.51. The number of nitrogens with zero attached hydrogens (tertiary/aromatic N) is 1. The van der Waals surface area contributed by atoms with Gasteiger partial charge in [0, 0.05) is 30.7 Å². The normalized spacial score (nSPS) is 13.4. The van der Waals surface area contributed by atoms with Crippen LogP contribution >= 0.6 is 0 Å². The van der Waals surface area contributed by atoms with E-state index in [0.29, 0.717) is 0 Å². The monoisotopic (exact) mass is 188 g/mol. The molecule has 74 valence electrons. The molecule has 1 atom stereocenters. The third-order valence-corrected chi connectivity index (χ3v) is 2.58. The quantitative estimate of drug-likeness (QED) is 0.768. The number of rotatable bonds is 2. The van der Waals surface area contributed by atoms with E-state index in [1.165, 1.54) is 16.6 Å². The van der Waals surface area contributed by atoms with Crippen LogP contribution in [0.5, 0.6) is 0 Å². The minimum Gasteiger partial charge on any atom is -0.348 e. The highest BCUT2D eigenvalue weighted by Crippen LogP contribution is 2.18. The van der Waals surface area contributed by atoms with E-state index in [2.05, 4.69) is 41.9 Å². The van der Waals surface area contributed by atoms with Crippen LogP contribution in [0.3, 0.4) is 0 Å². The van der Waals surface area contributed by atoms with Gasteiger partial charge in [0.15, 0.2) is 0 Å². The van der Waals surface area contributed by atoms with Crippen molar-refractivity contribution in [3.05, 3.63) is 36.0 Å². The molecular weight excluding hydrogens is 172 g/mol. The van der Waals surface area contributed by atoms with Crippen LogP contribution in [-0.2, 0) is 13.5 Å². The highest BCUT2D eigenvalue weighted by Gasteiger charge is 2.06. The van der Waals surface area contributed by atoms with Gasteiger partial charge in [0.25, 0.3) is 0 Å². The van der Waals surface area contributed by atoms with Crippen LogP contribution in [0.1, 0.15) is 12.6 Å². The zero-order chi connectivity index (χ0) is 10.1. The highest BCUT2D eigenvalue weighted by atomic mass is 14.9. The van der Waals surface area contributed by atoms with Crippen molar-refractivity contribution in [1.29, 1.82) is 0 Å². The summed E-state index contributed by atoms with van der Waals surface area (Å²) in [5.41, 5.74) is 8.39. The lowest BCUT2D eigenvalue weighted by Gasteiger charge is -2.06. The maximum Gasteiger partial charge on any atom is 0.0479 e. The Morgan fingerprint density at radius 1 is 1.36 bits per heavy atom. The maximum absolute atomic E-state index is 5.80. The van der Waals surface area contributed by atoms with Gasteiger partial charge in [-0.05, 0) is 24.4 Å². The van der Waals surface area contributed by atoms with E-state index in [-0.39, 0.29) is 6.04 Å². The molecule has 2 aromatic rings. The zero-order valence-electron chi connectivity index (χ0n) is 8.70. The molecule has 0 saturated carbocycles. The molecule has 0 aliphatic heterocycles. The van der Waals surface area contributed by atoms with Crippen molar-refractivity contribution in [3.8, 4) is 0 Å². The van der Waals surface area contributed by atoms with Crippen LogP contribution < -0.4 is 5.73 Å². The van der Waals surface area contributed by atoms with Gasteiger partial charge in [0.1, 0.15) is 0 Å². The molecule has 0 amide bonds. The van der Waals surface area contributed by atoms with Crippen molar-refractivity contribution < 1.29 is 0 Å². The summed E-state index contributed by atoms with van der Waals surface area (Å²) in [6.07, 6.45) is 0.936. The predicted molar refractivity (Wildman–Crippen MR) is 60.3 cm³/mol. The summed E-state index contributed by atoms with van der Waals surface area (Å²) in [5.74, 6) is 0. The Kier molecular flexibility index (Phi) is 2.30. The molecule has 14 heavy (non-hydrogen) atoms. The minimum atomic E-state index is 0.220. The highest BCUT2D eigenvalue weighted by molar-refractivity contribution is 5.81. The van der Waals surface area contributed by atoms with Gasteiger partial charge in [-0.3, -0.25) is 0 Å². The molecule has 2 N–H and O–H groups in total. The maximum atomic E-state index is 5.80. The average molecular weight is 188 g/mol. The first-order valence-corrected chi connectivity index (χ1v) is 4.97. The molecule has 0 aliphatic rings. The molecule has 0 radical (unpaired) electrons. The number of hydrogen-bond donors (Lipinski definition) is 1. The van der Waals surface area contributed by atoms with Crippen LogP contribution in [0.2, 0.25) is 0 Å². The third kappa shape index (κ3) is 1.53. The van der Waals surface area contributed by atoms with Gasteiger partial charge in [-0.2, -0.15) is 0 Å². The lowest BCUT2D eigenvalue weighted by molar-refractivity contribution is 0.696. The van der Waals surface area contributed by atoms with Crippen molar-refractivity contribution in [2.75, 3.05) is 0 Å². The summed E-state index contributed by atoms with van der Waals surface area (Å²) in [6.45, 7) is 2.04. The molecule has 0 fully saturated rings. The van der Waals surface area contributed by atoms with Crippen molar-refractivity contribution in [3.63, 3.8) is 0 Å². The van der Waals surface area contributed by atoms with E-state index < -0.39 is 0 Å². The second-order valence-electron chi connectivity index (χ2n) is 3.93. The Hall–Kier alpha value is -1.28. The number of para-hydroxylation sites is 1. The fourth-order valence-electron chi connectivity index (χ4n) is 1.87. The SMILES string of the molecule is CC(N)Cc1cc2ccccc2n1C. The fourth-order valence-corrected chi connectivity index (χ4v) is 1.87. The first-order chi connectivity index (χ1) is 6.68. The Morgan fingerprint density at radius 2 is 2.07 bits per heavy atom. The van der Waals surface area contributed by atoms with Gasteiger partial charge in [-0.15, -0.1) is 0 Å². The van der Waals surface area contributed by atoms with Crippen molar-refractivity contribution in [1.82, 2.24) is 4.57 Å². The summed E-state index contributed by atoms with van der Waals surface area (Å²) in [7, 11) is 2.10. The first kappa shape index (κ1) is 9.28. The average Bonchev–Trinajstić information content (AvgIpc) is 2.44. The second-order valence-corrected chi connectivity index (χ2v) is 3.93. The fraction of sp³-hybridized carbons (Fsp3) is 0.333. The zero-order valence-corrected chi connectivity index (χ0v) is 8.70. The molecule has 2 nitrogen and oxygen atoms in total. The number of aryl methyl sites for hydroxylation is 1. The van der Waals surface area contributed by atoms with E-state index >= 15 is 0 Å². The molecule has 1 aromatic heterocycles. The van der Waals surface area contributed by atoms with Gasteiger partial charge >= 0.3 is 0 Å². The molecule has 0 bridgehead atoms. The number of aromatic nitrogens is 1. The van der Waals surface area contributed by atoms with Crippen molar-refractivity contribution in [2.24, 2.45) is 12.8 Å². The van der Waals surface area contributed by atoms with Crippen molar-refractivity contribution >= 4 is 10.9 Å². The molecular formula is C12H16N2. The van der Waals surface area contributed by atoms with Gasteiger partial charge in [-0.1, -0.05) is 18.2 Å². The summed E-state index contributed by atoms with van der Waals surface area (Å²) in [5, 5.41) is 1.30. The lowest BCUT2D eigenvalue weighted by Crippen LogP contribution is -2.19. The largest absolute Gasteiger partial charge is 0.348 e. The number of benzene rings is 1. The Morgan fingerprint density at radius 3 is 2.71 bits per heavy atom. The van der Waals surface area contributed by atoms with Crippen LogP contribution in [0.25, 0.3) is 10.9 Å². The first-order valence-electron chi connectivity index (χ1n) is 4.97. The van der Waals surface area contributed by atoms with Gasteiger partial charge in [0.2, 0.25) is 0 Å². The molecule has 1 aromatic carbocycles. The van der Waals surface area contributed by atoms with Gasteiger partial charge in [-0.25, -0.2) is 0 Å². The van der Waals surface area contributed by atoms with Crippen LogP contribution in [-0.4, -0.2) is 10.6 Å². The van der Waals surface area contributed by atoms with Gasteiger partial charge < -0.3 is 10.3 Å². The molecule has 1 heterocycles. The smallest absolute Gasteiger partial charge is 0.0479 e. The van der Waals surface area contributed by atoms with Gasteiger partial charge in [0.05, 0.1) is 0 Å². The van der Waals surface area contributed by atoms with E-state index in [0.717, 1.165) is 6.42 Å². The number of hydrogen-bond acceptors (Lipinski definition) is 1. The standard InChI is InChI=1S/C12H16N2/c1-9(13)7-11-8-10-5-3-4-6-12(10)14(11)2/h3-6,8-9H,7,13H2,1-2H3. The summed E-state index contributed by atoms with van der Waals surface area (Å²) >= 11 is 0. The van der Waals surface area contributed by atoms with Crippen LogP contribution in [0, 0.1) is 0 Å². The molecule has 2 rings (SSSR count). The topological polar surface area (TPSA) is 30.9 Å². The van der Waals surface area contributed by atoms with E-state index in [1.807, 2.05) is 6.92 Å². The molecule has 0 aliphatic carbocycles. The molecule has 0 spiro atoms. The van der Waals surface area contributed by atoms with E-state index in [1.54, 1.807) is 0 Å². The second kappa shape index (κ2) is 3.46. The predicted octanol–water partition coefficient (Wildman–Crippen LogP) is 2.07. The lowest BCUT2D eigenvalue weighted by atomic mass is 10.2. The minimum absolute atomic E-state index is 0.220. The summed E-state index contributed by atoms with van der Waals surface area (Å²) < 4.78 is 2.22. The number of fused-ring (bicyclic) bond motifs is 1. The van der Waals surface area contributed by atoms with E-state index in [4.69, 9.17) is 5.73 Å². The molecule has 2 heteroatoms.